The standard InChI is InChI=1S/6CH4.FH.HN.Y/h6*1H4;2*1H;/q;;;;;;;;+1/p-1. The van der Waals surface area contributed by atoms with E-state index in [-0.39, 0.29) is 44.6 Å². The third-order valence-corrected chi connectivity index (χ3v) is 0. The van der Waals surface area contributed by atoms with Crippen molar-refractivity contribution in [1.82, 2.24) is 0 Å². The molecule has 0 aromatic carbocycles. The summed E-state index contributed by atoms with van der Waals surface area (Å²) < 4.78 is 15.9. The topological polar surface area (TPSA) is 23.9 Å². The van der Waals surface area contributed by atoms with Gasteiger partial charge in [-0.3, -0.25) is 0 Å². The predicted molar refractivity (Wildman–Crippen MR) is 44.2 cm³/mol. The molecule has 0 aromatic rings. The summed E-state index contributed by atoms with van der Waals surface area (Å²) in [7, 11) is 0. The minimum absolute atomic E-state index is 0. The fourth-order valence-electron chi connectivity index (χ4n) is 0. The first kappa shape index (κ1) is 95.6. The quantitative estimate of drug-likeness (QED) is 0.618. The summed E-state index contributed by atoms with van der Waals surface area (Å²) in [6, 6.07) is 0. The van der Waals surface area contributed by atoms with Crippen LogP contribution in [0.25, 0.3) is 0 Å². The molecule has 0 saturated heterocycles. The Hall–Kier alpha value is 0.834. The molecule has 9 heavy (non-hydrogen) atoms. The number of hydrogen-bond acceptors (Lipinski definition) is 1. The molecule has 0 amide bonds. The van der Waals surface area contributed by atoms with Crippen molar-refractivity contribution in [2.45, 2.75) is 44.6 Å². The molecular weight excluding hydrogens is 194 g/mol. The maximum atomic E-state index is 10.1. The van der Waals surface area contributed by atoms with Crippen molar-refractivity contribution in [3.05, 3.63) is 0 Å². The molecule has 0 aliphatic heterocycles. The molecule has 64 valence electrons. The van der Waals surface area contributed by atoms with Gasteiger partial charge in [-0.1, -0.05) is 44.6 Å². The Kier molecular flexibility index (Phi) is 1710. The van der Waals surface area contributed by atoms with Crippen LogP contribution in [0.3, 0.4) is 0 Å². The van der Waals surface area contributed by atoms with Crippen molar-refractivity contribution < 1.29 is 31.7 Å². The van der Waals surface area contributed by atoms with Crippen molar-refractivity contribution in [2.24, 2.45) is 0 Å². The molecule has 0 unspecified atom stereocenters. The monoisotopic (exact) mass is 219 g/mol. The second kappa shape index (κ2) is 161. The zero-order valence-electron chi connectivity index (χ0n) is 1.46. The van der Waals surface area contributed by atoms with Gasteiger partial charge in [-0.25, -0.2) is 0 Å². The normalized spacial score (nSPS) is 1.00. The van der Waals surface area contributed by atoms with E-state index in [0.29, 0.717) is 0 Å². The van der Waals surface area contributed by atoms with Crippen LogP contribution in [0.2, 0.25) is 0 Å². The molecule has 0 radical (unpaired) electrons. The fourth-order valence-corrected chi connectivity index (χ4v) is 0. The van der Waals surface area contributed by atoms with Crippen molar-refractivity contribution in [1.29, 1.82) is 2.47 Å². The number of halogens is 1. The van der Waals surface area contributed by atoms with Crippen molar-refractivity contribution in [3.8, 4) is 0 Å². The summed E-state index contributed by atoms with van der Waals surface area (Å²) >= 11 is -2.14. The van der Waals surface area contributed by atoms with E-state index in [9.17, 15) is 1.92 Å². The minimum atomic E-state index is -2.14. The van der Waals surface area contributed by atoms with Gasteiger partial charge in [-0.2, -0.15) is 0 Å². The van der Waals surface area contributed by atoms with Crippen LogP contribution in [0.5, 0.6) is 0 Å². The fraction of sp³-hybridized carbons (Fsp3) is 1.00. The molecule has 0 spiro atoms. The zero-order valence-corrected chi connectivity index (χ0v) is 4.29. The molecule has 0 aromatic heterocycles. The van der Waals surface area contributed by atoms with Gasteiger partial charge in [0.25, 0.3) is 0 Å². The summed E-state index contributed by atoms with van der Waals surface area (Å²) in [4.78, 5) is 0. The van der Waals surface area contributed by atoms with Crippen molar-refractivity contribution in [3.63, 3.8) is 0 Å². The molecule has 0 bridgehead atoms. The van der Waals surface area contributed by atoms with Crippen LogP contribution in [-0.4, -0.2) is 0 Å². The van der Waals surface area contributed by atoms with Crippen LogP contribution >= 0.6 is 0 Å². The zero-order chi connectivity index (χ0) is 2.71. The Morgan fingerprint density at radius 2 is 0.778 bits per heavy atom. The van der Waals surface area contributed by atoms with Gasteiger partial charge in [-0.05, 0) is 0 Å². The molecule has 0 saturated carbocycles. The molecular formula is C6H25FNY. The average molecular weight is 219 g/mol. The van der Waals surface area contributed by atoms with Gasteiger partial charge in [0.2, 0.25) is 0 Å². The summed E-state index contributed by atoms with van der Waals surface area (Å²) in [6.07, 6.45) is 0. The van der Waals surface area contributed by atoms with Crippen LogP contribution in [0.15, 0.2) is 0 Å². The summed E-state index contributed by atoms with van der Waals surface area (Å²) in [5.41, 5.74) is 0. The van der Waals surface area contributed by atoms with Gasteiger partial charge in [0.15, 0.2) is 0 Å². The SMILES string of the molecule is C.C.C.C.C.C.[NH]=[Y][F]. The molecule has 1 nitrogen and oxygen atoms in total. The first-order chi connectivity index (χ1) is 1.41. The average Bonchev–Trinajstić information content (AvgIpc) is 0.918. The van der Waals surface area contributed by atoms with Gasteiger partial charge in [0.05, 0.1) is 0 Å². The third-order valence-electron chi connectivity index (χ3n) is 0. The van der Waals surface area contributed by atoms with Gasteiger partial charge < -0.3 is 0 Å². The van der Waals surface area contributed by atoms with Crippen LogP contribution in [-0.2, 0) is 29.8 Å². The van der Waals surface area contributed by atoms with E-state index < -0.39 is 29.8 Å². The van der Waals surface area contributed by atoms with Crippen LogP contribution < -0.4 is 0 Å². The Balaban J connectivity index is -0.00000000133. The number of hydrogen-bond donors (Lipinski definition) is 1. The first-order valence-corrected chi connectivity index (χ1v) is 3.00. The van der Waals surface area contributed by atoms with E-state index in [1.54, 1.807) is 0 Å². The van der Waals surface area contributed by atoms with Crippen LogP contribution in [0.4, 0.5) is 1.92 Å². The molecule has 1 N–H and O–H groups in total. The molecule has 0 rings (SSSR count). The first-order valence-electron chi connectivity index (χ1n) is 0.507. The molecule has 0 fully saturated rings. The third kappa shape index (κ3) is 593. The Morgan fingerprint density at radius 1 is 0.778 bits per heavy atom. The summed E-state index contributed by atoms with van der Waals surface area (Å²) in [6.45, 7) is 0. The van der Waals surface area contributed by atoms with E-state index in [0.717, 1.165) is 0 Å². The second-order valence-corrected chi connectivity index (χ2v) is 0.645. The molecule has 0 aliphatic rings. The Labute approximate surface area is 78.4 Å². The molecule has 0 atom stereocenters. The number of rotatable bonds is 0. The van der Waals surface area contributed by atoms with Crippen LogP contribution in [0.1, 0.15) is 44.6 Å². The number of nitrogens with one attached hydrogen (secondary N) is 1. The second-order valence-electron chi connectivity index (χ2n) is 0.109. The predicted octanol–water partition coefficient (Wildman–Crippen LogP) is 4.53. The Morgan fingerprint density at radius 3 is 0.778 bits per heavy atom. The van der Waals surface area contributed by atoms with Crippen molar-refractivity contribution in [2.75, 3.05) is 0 Å². The van der Waals surface area contributed by atoms with Gasteiger partial charge in [-0.15, -0.1) is 0 Å². The van der Waals surface area contributed by atoms with E-state index in [1.165, 1.54) is 0 Å². The van der Waals surface area contributed by atoms with Crippen molar-refractivity contribution >= 4 is 0 Å². The van der Waals surface area contributed by atoms with E-state index in [2.05, 4.69) is 0 Å². The van der Waals surface area contributed by atoms with E-state index in [1.807, 2.05) is 0 Å². The molecule has 3 heteroatoms. The van der Waals surface area contributed by atoms with Crippen LogP contribution in [0, 0.1) is 2.47 Å². The van der Waals surface area contributed by atoms with E-state index in [4.69, 9.17) is 2.47 Å². The molecule has 0 heterocycles. The van der Waals surface area contributed by atoms with Gasteiger partial charge in [0, 0.05) is 0 Å². The van der Waals surface area contributed by atoms with Gasteiger partial charge >= 0.3 is 34.2 Å². The maximum absolute atomic E-state index is 10.1. The van der Waals surface area contributed by atoms with E-state index >= 15 is 0 Å². The molecule has 0 aliphatic carbocycles. The Bertz CT molecular complexity index is 20.5. The summed E-state index contributed by atoms with van der Waals surface area (Å²) in [5, 5.41) is 0. The van der Waals surface area contributed by atoms with Gasteiger partial charge in [0.1, 0.15) is 0 Å². The summed E-state index contributed by atoms with van der Waals surface area (Å²) in [5.74, 6) is 0.